The van der Waals surface area contributed by atoms with E-state index in [2.05, 4.69) is 25.9 Å². The van der Waals surface area contributed by atoms with Crippen LogP contribution in [0.15, 0.2) is 40.3 Å². The topological polar surface area (TPSA) is 280 Å². The van der Waals surface area contributed by atoms with Gasteiger partial charge in [-0.05, 0) is 44.1 Å². The Bertz CT molecular complexity index is 1260. The minimum Gasteiger partial charge on any atom is -0.370 e. The van der Waals surface area contributed by atoms with E-state index in [1.807, 2.05) is 18.2 Å². The maximum atomic E-state index is 14.1. The predicted molar refractivity (Wildman–Crippen MR) is 175 cm³/mol. The molecule has 46 heavy (non-hydrogen) atoms. The van der Waals surface area contributed by atoms with E-state index in [1.165, 1.54) is 18.9 Å². The van der Waals surface area contributed by atoms with E-state index in [4.69, 9.17) is 28.7 Å². The summed E-state index contributed by atoms with van der Waals surface area (Å²) >= 11 is 0. The average molecular weight is 644 g/mol. The van der Waals surface area contributed by atoms with Crippen molar-refractivity contribution in [3.05, 3.63) is 35.9 Å². The third-order valence-electron chi connectivity index (χ3n) is 7.96. The van der Waals surface area contributed by atoms with E-state index in [1.54, 1.807) is 12.1 Å². The number of primary amides is 1. The predicted octanol–water partition coefficient (Wildman–Crippen LogP) is -1.93. The van der Waals surface area contributed by atoms with Crippen molar-refractivity contribution in [2.75, 3.05) is 20.1 Å². The summed E-state index contributed by atoms with van der Waals surface area (Å²) in [4.78, 5) is 74.9. The van der Waals surface area contributed by atoms with Crippen molar-refractivity contribution >= 4 is 41.5 Å². The van der Waals surface area contributed by atoms with Crippen LogP contribution in [0, 0.1) is 0 Å². The second-order valence-corrected chi connectivity index (χ2v) is 11.5. The third-order valence-corrected chi connectivity index (χ3v) is 7.96. The first-order valence-corrected chi connectivity index (χ1v) is 15.4. The standard InChI is InChI=1S/C30H49N11O5/c1-19(42)38-22(13-9-17-37-29(34)35)26(45)41(2)30(14-6-7-15-30)27(46)40-21(12-8-16-36-28(32)33)25(44)39-23(24(31)43)18-20-10-4-3-5-11-20/h3-5,10-11,21-23H,6-9,12-18H2,1-2H3,(H2,31,43)(H,38,42)(H,39,44)(H,40,46)(H4,32,33,36)(H4,34,35,37)/t21-,22-,23-/m0/s1. The fourth-order valence-corrected chi connectivity index (χ4v) is 5.54. The number of hydrogen-bond donors (Lipinski definition) is 8. The van der Waals surface area contributed by atoms with Crippen molar-refractivity contribution in [1.82, 2.24) is 20.9 Å². The molecule has 0 radical (unpaired) electrons. The molecule has 16 nitrogen and oxygen atoms in total. The quantitative estimate of drug-likeness (QED) is 0.0501. The van der Waals surface area contributed by atoms with Gasteiger partial charge in [-0.1, -0.05) is 43.2 Å². The maximum absolute atomic E-state index is 14.1. The third kappa shape index (κ3) is 11.6. The molecule has 0 bridgehead atoms. The second kappa shape index (κ2) is 18.2. The summed E-state index contributed by atoms with van der Waals surface area (Å²) in [6, 6.07) is 6.01. The smallest absolute Gasteiger partial charge is 0.246 e. The van der Waals surface area contributed by atoms with Gasteiger partial charge in [-0.25, -0.2) is 0 Å². The highest BCUT2D eigenvalue weighted by Crippen LogP contribution is 2.35. The fourth-order valence-electron chi connectivity index (χ4n) is 5.54. The number of amides is 5. The van der Waals surface area contributed by atoms with Gasteiger partial charge in [0.1, 0.15) is 23.7 Å². The van der Waals surface area contributed by atoms with Crippen molar-refractivity contribution in [1.29, 1.82) is 0 Å². The van der Waals surface area contributed by atoms with E-state index < -0.39 is 53.2 Å². The molecule has 0 spiro atoms. The van der Waals surface area contributed by atoms with E-state index in [-0.39, 0.29) is 44.3 Å². The van der Waals surface area contributed by atoms with Crippen molar-refractivity contribution in [3.8, 4) is 0 Å². The highest BCUT2D eigenvalue weighted by molar-refractivity contribution is 5.97. The maximum Gasteiger partial charge on any atom is 0.246 e. The summed E-state index contributed by atoms with van der Waals surface area (Å²) < 4.78 is 0. The largest absolute Gasteiger partial charge is 0.370 e. The number of benzene rings is 1. The Labute approximate surface area is 269 Å². The number of hydrogen-bond acceptors (Lipinski definition) is 7. The van der Waals surface area contributed by atoms with Crippen LogP contribution in [0.4, 0.5) is 0 Å². The number of aliphatic imine (C=N–C) groups is 2. The van der Waals surface area contributed by atoms with Gasteiger partial charge in [-0.2, -0.15) is 0 Å². The number of rotatable bonds is 18. The fraction of sp³-hybridized carbons (Fsp3) is 0.567. The average Bonchev–Trinajstić information content (AvgIpc) is 3.50. The zero-order chi connectivity index (χ0) is 34.3. The van der Waals surface area contributed by atoms with Crippen LogP contribution in [0.25, 0.3) is 0 Å². The molecular weight excluding hydrogens is 594 g/mol. The molecule has 1 aliphatic carbocycles. The molecule has 1 aliphatic rings. The van der Waals surface area contributed by atoms with Crippen LogP contribution in [0.1, 0.15) is 63.9 Å². The number of guanidine groups is 2. The first kappa shape index (κ1) is 37.3. The van der Waals surface area contributed by atoms with Crippen LogP contribution in [-0.4, -0.2) is 90.2 Å². The Morgan fingerprint density at radius 2 is 1.35 bits per heavy atom. The van der Waals surface area contributed by atoms with Gasteiger partial charge < -0.3 is 49.5 Å². The number of carbonyl (C=O) groups is 5. The first-order chi connectivity index (χ1) is 21.8. The van der Waals surface area contributed by atoms with Crippen LogP contribution >= 0.6 is 0 Å². The molecule has 2 rings (SSSR count). The molecule has 13 N–H and O–H groups in total. The summed E-state index contributed by atoms with van der Waals surface area (Å²) in [6.07, 6.45) is 3.31. The Morgan fingerprint density at radius 1 is 0.804 bits per heavy atom. The van der Waals surface area contributed by atoms with Crippen molar-refractivity contribution in [2.24, 2.45) is 38.7 Å². The van der Waals surface area contributed by atoms with Gasteiger partial charge in [0.05, 0.1) is 0 Å². The molecule has 3 atom stereocenters. The summed E-state index contributed by atoms with van der Waals surface area (Å²) in [7, 11) is 1.52. The lowest BCUT2D eigenvalue weighted by Crippen LogP contribution is -2.64. The molecule has 1 aromatic rings. The van der Waals surface area contributed by atoms with Crippen LogP contribution in [0.2, 0.25) is 0 Å². The van der Waals surface area contributed by atoms with E-state index in [0.717, 1.165) is 5.56 Å². The Morgan fingerprint density at radius 3 is 1.85 bits per heavy atom. The van der Waals surface area contributed by atoms with Crippen LogP contribution in [0.5, 0.6) is 0 Å². The number of nitrogens with zero attached hydrogens (tertiary/aromatic N) is 3. The number of likely N-dealkylation sites (N-methyl/N-ethyl adjacent to an activating group) is 1. The molecule has 5 amide bonds. The highest BCUT2D eigenvalue weighted by Gasteiger charge is 2.48. The normalized spacial score (nSPS) is 15.3. The first-order valence-electron chi connectivity index (χ1n) is 15.4. The van der Waals surface area contributed by atoms with E-state index in [9.17, 15) is 24.0 Å². The van der Waals surface area contributed by atoms with Gasteiger partial charge in [0.15, 0.2) is 11.9 Å². The van der Waals surface area contributed by atoms with Gasteiger partial charge in [-0.3, -0.25) is 34.0 Å². The second-order valence-electron chi connectivity index (χ2n) is 11.5. The molecule has 254 valence electrons. The number of carbonyl (C=O) groups excluding carboxylic acids is 5. The van der Waals surface area contributed by atoms with Gasteiger partial charge in [0.2, 0.25) is 29.5 Å². The van der Waals surface area contributed by atoms with Crippen molar-refractivity contribution < 1.29 is 24.0 Å². The van der Waals surface area contributed by atoms with Crippen molar-refractivity contribution in [2.45, 2.75) is 88.4 Å². The van der Waals surface area contributed by atoms with E-state index >= 15 is 0 Å². The molecule has 1 fully saturated rings. The zero-order valence-corrected chi connectivity index (χ0v) is 26.7. The Kier molecular flexibility index (Phi) is 14.7. The Balaban J connectivity index is 2.30. The van der Waals surface area contributed by atoms with Gasteiger partial charge in [0.25, 0.3) is 0 Å². The SMILES string of the molecule is CC(=O)N[C@@H](CCCN=C(N)N)C(=O)N(C)C1(C(=O)N[C@@H](CCCN=C(N)N)C(=O)N[C@@H](Cc2ccccc2)C(N)=O)CCCC1. The summed E-state index contributed by atoms with van der Waals surface area (Å²) in [5, 5.41) is 8.19. The summed E-state index contributed by atoms with van der Waals surface area (Å²) in [5.74, 6) is -2.93. The molecular formula is C30H49N11O5. The summed E-state index contributed by atoms with van der Waals surface area (Å²) in [5.41, 5.74) is 26.8. The zero-order valence-electron chi connectivity index (χ0n) is 26.7. The monoisotopic (exact) mass is 643 g/mol. The van der Waals surface area contributed by atoms with Crippen LogP contribution in [-0.2, 0) is 30.4 Å². The molecule has 16 heteroatoms. The number of nitrogens with one attached hydrogen (secondary N) is 3. The van der Waals surface area contributed by atoms with Gasteiger partial charge in [-0.15, -0.1) is 0 Å². The van der Waals surface area contributed by atoms with E-state index in [0.29, 0.717) is 38.5 Å². The molecule has 0 aliphatic heterocycles. The van der Waals surface area contributed by atoms with Crippen LogP contribution < -0.4 is 44.6 Å². The lowest BCUT2D eigenvalue weighted by Gasteiger charge is -2.40. The molecule has 1 aromatic carbocycles. The summed E-state index contributed by atoms with van der Waals surface area (Å²) in [6.45, 7) is 1.76. The number of nitrogens with two attached hydrogens (primary N) is 5. The molecule has 0 unspecified atom stereocenters. The lowest BCUT2D eigenvalue weighted by atomic mass is 9.92. The van der Waals surface area contributed by atoms with Gasteiger partial charge in [0, 0.05) is 33.5 Å². The molecule has 0 heterocycles. The molecule has 0 saturated heterocycles. The van der Waals surface area contributed by atoms with Crippen molar-refractivity contribution in [3.63, 3.8) is 0 Å². The highest BCUT2D eigenvalue weighted by atomic mass is 16.2. The van der Waals surface area contributed by atoms with Crippen LogP contribution in [0.3, 0.4) is 0 Å². The Hall–Kier alpha value is -4.89. The molecule has 0 aromatic heterocycles. The minimum absolute atomic E-state index is 0.0831. The van der Waals surface area contributed by atoms with Gasteiger partial charge >= 0.3 is 0 Å². The lowest BCUT2D eigenvalue weighted by molar-refractivity contribution is -0.149. The minimum atomic E-state index is -1.28. The molecule has 1 saturated carbocycles.